The second-order valence-corrected chi connectivity index (χ2v) is 9.10. The summed E-state index contributed by atoms with van der Waals surface area (Å²) < 4.78 is 26.9. The molecule has 0 radical (unpaired) electrons. The highest BCUT2D eigenvalue weighted by Crippen LogP contribution is 2.20. The minimum Gasteiger partial charge on any atom is -0.301 e. The van der Waals surface area contributed by atoms with Crippen LogP contribution in [-0.2, 0) is 27.9 Å². The van der Waals surface area contributed by atoms with E-state index in [1.165, 1.54) is 25.3 Å². The summed E-state index contributed by atoms with van der Waals surface area (Å²) in [6.45, 7) is 4.71. The van der Waals surface area contributed by atoms with Crippen molar-refractivity contribution in [3.05, 3.63) is 35.4 Å². The largest absolute Gasteiger partial charge is 0.301 e. The van der Waals surface area contributed by atoms with E-state index in [1.54, 1.807) is 0 Å². The molecule has 3 rings (SSSR count). The third-order valence-corrected chi connectivity index (χ3v) is 6.62. The van der Waals surface area contributed by atoms with Crippen molar-refractivity contribution in [3.8, 4) is 0 Å². The molecule has 0 saturated carbocycles. The SMILES string of the molecule is CC(=O)Nc1nnc(S(=O)(=O)NCc2ccc(CN3CCCC3)cc2)s1. The van der Waals surface area contributed by atoms with Crippen LogP contribution in [0.4, 0.5) is 5.13 Å². The van der Waals surface area contributed by atoms with Crippen LogP contribution in [0.5, 0.6) is 0 Å². The standard InChI is InChI=1S/C16H21N5O3S2/c1-12(22)18-15-19-20-16(25-15)26(23,24)17-10-13-4-6-14(7-5-13)11-21-8-2-3-9-21/h4-7,17H,2-3,8-11H2,1H3,(H,18,19,22). The van der Waals surface area contributed by atoms with E-state index in [4.69, 9.17) is 0 Å². The predicted octanol–water partition coefficient (Wildman–Crippen LogP) is 1.57. The molecule has 1 amide bonds. The maximum atomic E-state index is 12.3. The molecule has 1 aliphatic rings. The van der Waals surface area contributed by atoms with Crippen molar-refractivity contribution in [2.45, 2.75) is 37.2 Å². The molecule has 0 unspecified atom stereocenters. The van der Waals surface area contributed by atoms with Crippen LogP contribution in [0.15, 0.2) is 28.6 Å². The number of carbonyl (C=O) groups is 1. The molecular weight excluding hydrogens is 374 g/mol. The molecule has 1 fully saturated rings. The lowest BCUT2D eigenvalue weighted by atomic mass is 10.1. The lowest BCUT2D eigenvalue weighted by Crippen LogP contribution is -2.23. The third kappa shape index (κ3) is 5.07. The van der Waals surface area contributed by atoms with Crippen molar-refractivity contribution >= 4 is 32.4 Å². The Balaban J connectivity index is 1.56. The normalized spacial score (nSPS) is 15.3. The topological polar surface area (TPSA) is 104 Å². The average molecular weight is 396 g/mol. The van der Waals surface area contributed by atoms with Crippen LogP contribution in [0.1, 0.15) is 30.9 Å². The molecule has 26 heavy (non-hydrogen) atoms. The number of likely N-dealkylation sites (tertiary alicyclic amines) is 1. The number of hydrogen-bond acceptors (Lipinski definition) is 7. The Bertz CT molecular complexity index is 858. The minimum absolute atomic E-state index is 0.157. The first-order valence-electron chi connectivity index (χ1n) is 8.33. The summed E-state index contributed by atoms with van der Waals surface area (Å²) in [5.74, 6) is -0.327. The van der Waals surface area contributed by atoms with Crippen LogP contribution in [-0.4, -0.2) is 42.5 Å². The quantitative estimate of drug-likeness (QED) is 0.690. The van der Waals surface area contributed by atoms with Crippen molar-refractivity contribution < 1.29 is 13.2 Å². The number of amides is 1. The van der Waals surface area contributed by atoms with Gasteiger partial charge in [0, 0.05) is 20.0 Å². The van der Waals surface area contributed by atoms with Crippen LogP contribution in [0.3, 0.4) is 0 Å². The van der Waals surface area contributed by atoms with Crippen molar-refractivity contribution in [1.29, 1.82) is 0 Å². The van der Waals surface area contributed by atoms with Crippen LogP contribution in [0.25, 0.3) is 0 Å². The molecule has 2 heterocycles. The highest BCUT2D eigenvalue weighted by Gasteiger charge is 2.20. The van der Waals surface area contributed by atoms with E-state index in [0.717, 1.165) is 36.5 Å². The maximum absolute atomic E-state index is 12.3. The lowest BCUT2D eigenvalue weighted by molar-refractivity contribution is -0.114. The molecule has 0 aliphatic carbocycles. The monoisotopic (exact) mass is 395 g/mol. The summed E-state index contributed by atoms with van der Waals surface area (Å²) in [6, 6.07) is 7.91. The highest BCUT2D eigenvalue weighted by atomic mass is 32.2. The summed E-state index contributed by atoms with van der Waals surface area (Å²) in [7, 11) is -3.77. The molecule has 0 spiro atoms. The van der Waals surface area contributed by atoms with Gasteiger partial charge in [0.2, 0.25) is 15.4 Å². The average Bonchev–Trinajstić information content (AvgIpc) is 3.26. The minimum atomic E-state index is -3.77. The Labute approximate surface area is 156 Å². The van der Waals surface area contributed by atoms with Gasteiger partial charge >= 0.3 is 0 Å². The third-order valence-electron chi connectivity index (χ3n) is 4.01. The lowest BCUT2D eigenvalue weighted by Gasteiger charge is -2.14. The number of sulfonamides is 1. The number of nitrogens with zero attached hydrogens (tertiary/aromatic N) is 3. The number of nitrogens with one attached hydrogen (secondary N) is 2. The molecule has 0 atom stereocenters. The molecule has 140 valence electrons. The summed E-state index contributed by atoms with van der Waals surface area (Å²) in [5.41, 5.74) is 2.09. The Morgan fingerprint density at radius 3 is 2.46 bits per heavy atom. The highest BCUT2D eigenvalue weighted by molar-refractivity contribution is 7.91. The zero-order chi connectivity index (χ0) is 18.6. The van der Waals surface area contributed by atoms with E-state index in [9.17, 15) is 13.2 Å². The number of anilines is 1. The zero-order valence-corrected chi connectivity index (χ0v) is 16.1. The first-order chi connectivity index (χ1) is 12.4. The fourth-order valence-electron chi connectivity index (χ4n) is 2.72. The van der Waals surface area contributed by atoms with Gasteiger partial charge in [-0.15, -0.1) is 10.2 Å². The molecule has 8 nitrogen and oxygen atoms in total. The van der Waals surface area contributed by atoms with Crippen LogP contribution < -0.4 is 10.0 Å². The Kier molecular flexibility index (Phi) is 5.97. The molecule has 1 aliphatic heterocycles. The van der Waals surface area contributed by atoms with Gasteiger partial charge in [-0.2, -0.15) is 0 Å². The number of benzene rings is 1. The molecule has 10 heteroatoms. The van der Waals surface area contributed by atoms with Crippen molar-refractivity contribution in [2.24, 2.45) is 0 Å². The first-order valence-corrected chi connectivity index (χ1v) is 10.6. The number of carbonyl (C=O) groups excluding carboxylic acids is 1. The van der Waals surface area contributed by atoms with E-state index in [2.05, 4.69) is 25.1 Å². The smallest absolute Gasteiger partial charge is 0.270 e. The van der Waals surface area contributed by atoms with E-state index in [-0.39, 0.29) is 21.9 Å². The molecule has 0 bridgehead atoms. The van der Waals surface area contributed by atoms with E-state index in [0.29, 0.717) is 0 Å². The van der Waals surface area contributed by atoms with Gasteiger partial charge in [0.25, 0.3) is 10.0 Å². The van der Waals surface area contributed by atoms with Crippen LogP contribution in [0, 0.1) is 0 Å². The van der Waals surface area contributed by atoms with Gasteiger partial charge in [0.15, 0.2) is 0 Å². The van der Waals surface area contributed by atoms with E-state index < -0.39 is 10.0 Å². The van der Waals surface area contributed by atoms with Crippen molar-refractivity contribution in [1.82, 2.24) is 19.8 Å². The van der Waals surface area contributed by atoms with Gasteiger partial charge in [-0.25, -0.2) is 13.1 Å². The Morgan fingerprint density at radius 2 is 1.81 bits per heavy atom. The van der Waals surface area contributed by atoms with Crippen LogP contribution >= 0.6 is 11.3 Å². The van der Waals surface area contributed by atoms with E-state index in [1.807, 2.05) is 24.3 Å². The molecule has 2 N–H and O–H groups in total. The van der Waals surface area contributed by atoms with Gasteiger partial charge in [-0.05, 0) is 37.1 Å². The predicted molar refractivity (Wildman–Crippen MR) is 99.2 cm³/mol. The maximum Gasteiger partial charge on any atom is 0.270 e. The molecule has 1 aromatic carbocycles. The number of rotatable bonds is 7. The second-order valence-electron chi connectivity index (χ2n) is 6.18. The molecule has 1 saturated heterocycles. The van der Waals surface area contributed by atoms with Crippen molar-refractivity contribution in [2.75, 3.05) is 18.4 Å². The van der Waals surface area contributed by atoms with E-state index >= 15 is 0 Å². The fourth-order valence-corrected chi connectivity index (χ4v) is 4.73. The molecule has 1 aromatic heterocycles. The summed E-state index contributed by atoms with van der Waals surface area (Å²) in [6.07, 6.45) is 2.52. The molecule has 2 aromatic rings. The number of hydrogen-bond donors (Lipinski definition) is 2. The van der Waals surface area contributed by atoms with Crippen LogP contribution in [0.2, 0.25) is 0 Å². The summed E-state index contributed by atoms with van der Waals surface area (Å²) >= 11 is 0.813. The van der Waals surface area contributed by atoms with Gasteiger partial charge in [0.1, 0.15) is 0 Å². The second kappa shape index (κ2) is 8.21. The van der Waals surface area contributed by atoms with Gasteiger partial charge in [-0.3, -0.25) is 9.69 Å². The van der Waals surface area contributed by atoms with Gasteiger partial charge < -0.3 is 5.32 Å². The fraction of sp³-hybridized carbons (Fsp3) is 0.438. The van der Waals surface area contributed by atoms with Crippen molar-refractivity contribution in [3.63, 3.8) is 0 Å². The van der Waals surface area contributed by atoms with Gasteiger partial charge in [0.05, 0.1) is 0 Å². The zero-order valence-electron chi connectivity index (χ0n) is 14.4. The Hall–Kier alpha value is -1.88. The first kappa shape index (κ1) is 18.9. The van der Waals surface area contributed by atoms with Gasteiger partial charge in [-0.1, -0.05) is 35.6 Å². The summed E-state index contributed by atoms with van der Waals surface area (Å²) in [4.78, 5) is 13.4. The number of aromatic nitrogens is 2. The molecular formula is C16H21N5O3S2. The summed E-state index contributed by atoms with van der Waals surface area (Å²) in [5, 5.41) is 9.85. The Morgan fingerprint density at radius 1 is 1.15 bits per heavy atom.